The molecule has 2 aromatic carbocycles. The SMILES string of the molecule is CC(C)COC(=O)N[C@@H]1CCN(c2nc(-c3ccccc3O)nc3ccc(F)cc23)C1.[HH].[HH]. The number of rotatable bonds is 5. The molecular formula is C23H29FN4O3. The van der Waals surface area contributed by atoms with Crippen LogP contribution < -0.4 is 10.2 Å². The third-order valence-corrected chi connectivity index (χ3v) is 5.14. The molecule has 0 saturated carbocycles. The molecule has 1 atom stereocenters. The average Bonchev–Trinajstić information content (AvgIpc) is 3.20. The summed E-state index contributed by atoms with van der Waals surface area (Å²) in [5, 5.41) is 13.7. The van der Waals surface area contributed by atoms with Gasteiger partial charge in [0.15, 0.2) is 5.82 Å². The van der Waals surface area contributed by atoms with Gasteiger partial charge in [-0.3, -0.25) is 0 Å². The van der Waals surface area contributed by atoms with Crippen LogP contribution in [0.5, 0.6) is 5.75 Å². The molecule has 0 bridgehead atoms. The molecule has 1 aliphatic rings. The lowest BCUT2D eigenvalue weighted by Crippen LogP contribution is -2.38. The second-order valence-electron chi connectivity index (χ2n) is 8.12. The predicted molar refractivity (Wildman–Crippen MR) is 121 cm³/mol. The highest BCUT2D eigenvalue weighted by Gasteiger charge is 2.27. The van der Waals surface area contributed by atoms with Gasteiger partial charge in [0.2, 0.25) is 0 Å². The van der Waals surface area contributed by atoms with Crippen LogP contribution in [0.2, 0.25) is 0 Å². The Balaban J connectivity index is 0.00000193. The van der Waals surface area contributed by atoms with Gasteiger partial charge in [-0.25, -0.2) is 19.2 Å². The Morgan fingerprint density at radius 1 is 1.32 bits per heavy atom. The van der Waals surface area contributed by atoms with Crippen molar-refractivity contribution in [2.45, 2.75) is 26.3 Å². The summed E-state index contributed by atoms with van der Waals surface area (Å²) in [6.07, 6.45) is 0.276. The average molecular weight is 429 g/mol. The van der Waals surface area contributed by atoms with Gasteiger partial charge >= 0.3 is 6.09 Å². The molecule has 0 spiro atoms. The molecule has 1 amide bonds. The Morgan fingerprint density at radius 3 is 2.90 bits per heavy atom. The summed E-state index contributed by atoms with van der Waals surface area (Å²) in [7, 11) is 0. The van der Waals surface area contributed by atoms with Crippen molar-refractivity contribution in [3.63, 3.8) is 0 Å². The molecule has 7 nitrogen and oxygen atoms in total. The number of halogens is 1. The number of phenols is 1. The first-order valence-electron chi connectivity index (χ1n) is 10.3. The third-order valence-electron chi connectivity index (χ3n) is 5.14. The number of nitrogens with one attached hydrogen (secondary N) is 1. The van der Waals surface area contributed by atoms with Crippen LogP contribution in [0.4, 0.5) is 15.0 Å². The summed E-state index contributed by atoms with van der Waals surface area (Å²) in [6, 6.07) is 11.1. The minimum absolute atomic E-state index is 0. The number of benzene rings is 2. The van der Waals surface area contributed by atoms with Crippen LogP contribution in [0.1, 0.15) is 23.1 Å². The Kier molecular flexibility index (Phi) is 5.88. The summed E-state index contributed by atoms with van der Waals surface area (Å²) >= 11 is 0. The molecule has 8 heteroatoms. The van der Waals surface area contributed by atoms with Gasteiger partial charge in [-0.05, 0) is 42.7 Å². The van der Waals surface area contributed by atoms with E-state index in [1.54, 1.807) is 30.3 Å². The second kappa shape index (κ2) is 8.75. The van der Waals surface area contributed by atoms with Crippen LogP contribution in [0.3, 0.4) is 0 Å². The summed E-state index contributed by atoms with van der Waals surface area (Å²) in [5.74, 6) is 0.894. The van der Waals surface area contributed by atoms with Gasteiger partial charge in [0.1, 0.15) is 17.4 Å². The number of para-hydroxylation sites is 1. The number of alkyl carbamates (subject to hydrolysis) is 1. The zero-order valence-electron chi connectivity index (χ0n) is 17.5. The van der Waals surface area contributed by atoms with E-state index in [2.05, 4.69) is 15.3 Å². The molecule has 0 aliphatic carbocycles. The zero-order valence-corrected chi connectivity index (χ0v) is 17.5. The molecular weight excluding hydrogens is 399 g/mol. The summed E-state index contributed by atoms with van der Waals surface area (Å²) in [4.78, 5) is 23.2. The lowest BCUT2D eigenvalue weighted by molar-refractivity contribution is 0.130. The molecule has 4 rings (SSSR count). The second-order valence-corrected chi connectivity index (χ2v) is 8.12. The number of amides is 1. The number of ether oxygens (including phenoxy) is 1. The molecule has 166 valence electrons. The summed E-state index contributed by atoms with van der Waals surface area (Å²) in [6.45, 7) is 5.47. The third kappa shape index (κ3) is 4.68. The van der Waals surface area contributed by atoms with E-state index in [9.17, 15) is 14.3 Å². The van der Waals surface area contributed by atoms with Crippen molar-refractivity contribution in [1.82, 2.24) is 15.3 Å². The van der Waals surface area contributed by atoms with Crippen molar-refractivity contribution < 1.29 is 21.9 Å². The first-order valence-corrected chi connectivity index (χ1v) is 10.3. The van der Waals surface area contributed by atoms with Gasteiger partial charge in [0.25, 0.3) is 0 Å². The number of hydrogen-bond acceptors (Lipinski definition) is 6. The van der Waals surface area contributed by atoms with E-state index in [1.165, 1.54) is 12.1 Å². The van der Waals surface area contributed by atoms with Crippen molar-refractivity contribution in [1.29, 1.82) is 0 Å². The number of aromatic nitrogens is 2. The molecule has 2 heterocycles. The smallest absolute Gasteiger partial charge is 0.407 e. The van der Waals surface area contributed by atoms with Crippen LogP contribution in [0.15, 0.2) is 42.5 Å². The van der Waals surface area contributed by atoms with Crippen LogP contribution in [0, 0.1) is 11.7 Å². The van der Waals surface area contributed by atoms with Gasteiger partial charge in [0, 0.05) is 21.3 Å². The number of phenolic OH excluding ortho intramolecular Hbond substituents is 1. The quantitative estimate of drug-likeness (QED) is 0.618. The fourth-order valence-corrected chi connectivity index (χ4v) is 3.63. The maximum atomic E-state index is 14.0. The van der Waals surface area contributed by atoms with E-state index >= 15 is 0 Å². The summed E-state index contributed by atoms with van der Waals surface area (Å²) in [5.41, 5.74) is 1.08. The molecule has 1 saturated heterocycles. The molecule has 2 N–H and O–H groups in total. The van der Waals surface area contributed by atoms with Gasteiger partial charge in [-0.2, -0.15) is 0 Å². The normalized spacial score (nSPS) is 16.1. The van der Waals surface area contributed by atoms with Crippen molar-refractivity contribution in [3.8, 4) is 17.1 Å². The monoisotopic (exact) mass is 428 g/mol. The fourth-order valence-electron chi connectivity index (χ4n) is 3.63. The number of nitrogens with zero attached hydrogens (tertiary/aromatic N) is 3. The maximum Gasteiger partial charge on any atom is 0.407 e. The largest absolute Gasteiger partial charge is 0.507 e. The first-order chi connectivity index (χ1) is 14.9. The number of hydrogen-bond donors (Lipinski definition) is 2. The Morgan fingerprint density at radius 2 is 2.13 bits per heavy atom. The standard InChI is InChI=1S/C23H25FN4O3.2H2/c1-14(2)13-31-23(30)25-16-9-10-28(12-16)22-18-11-15(24)7-8-19(18)26-21(27-22)17-5-3-4-6-20(17)29;;/h3-8,11,14,16,29H,9-10,12-13H2,1-2H3,(H,25,30);2*1H/t16-;;/m1../s1. The first kappa shape index (κ1) is 20.8. The minimum atomic E-state index is -0.436. The molecule has 31 heavy (non-hydrogen) atoms. The van der Waals surface area contributed by atoms with E-state index in [0.717, 1.165) is 0 Å². The van der Waals surface area contributed by atoms with E-state index < -0.39 is 6.09 Å². The van der Waals surface area contributed by atoms with Gasteiger partial charge in [-0.1, -0.05) is 26.0 Å². The van der Waals surface area contributed by atoms with Crippen molar-refractivity contribution in [3.05, 3.63) is 48.3 Å². The van der Waals surface area contributed by atoms with E-state index in [0.29, 0.717) is 54.2 Å². The Labute approximate surface area is 182 Å². The van der Waals surface area contributed by atoms with Crippen molar-refractivity contribution in [2.24, 2.45) is 5.92 Å². The van der Waals surface area contributed by atoms with Crippen molar-refractivity contribution in [2.75, 3.05) is 24.6 Å². The minimum Gasteiger partial charge on any atom is -0.507 e. The van der Waals surface area contributed by atoms with E-state index in [4.69, 9.17) is 4.74 Å². The fraction of sp³-hybridized carbons (Fsp3) is 0.348. The van der Waals surface area contributed by atoms with Gasteiger partial charge in [-0.15, -0.1) is 0 Å². The highest BCUT2D eigenvalue weighted by Crippen LogP contribution is 2.33. The number of fused-ring (bicyclic) bond motifs is 1. The topological polar surface area (TPSA) is 87.6 Å². The molecule has 1 aliphatic heterocycles. The van der Waals surface area contributed by atoms with Crippen LogP contribution in [0.25, 0.3) is 22.3 Å². The molecule has 0 radical (unpaired) electrons. The van der Waals surface area contributed by atoms with Crippen LogP contribution in [-0.2, 0) is 4.74 Å². The summed E-state index contributed by atoms with van der Waals surface area (Å²) < 4.78 is 19.2. The van der Waals surface area contributed by atoms with Gasteiger partial charge < -0.3 is 20.1 Å². The lowest BCUT2D eigenvalue weighted by Gasteiger charge is -2.21. The number of carbonyl (C=O) groups is 1. The molecule has 3 aromatic rings. The molecule has 1 fully saturated rings. The Bertz CT molecular complexity index is 1120. The predicted octanol–water partition coefficient (Wildman–Crippen LogP) is 4.59. The molecule has 0 unspecified atom stereocenters. The zero-order chi connectivity index (χ0) is 22.0. The van der Waals surface area contributed by atoms with Crippen LogP contribution >= 0.6 is 0 Å². The number of aromatic hydroxyl groups is 1. The lowest BCUT2D eigenvalue weighted by atomic mass is 10.1. The number of anilines is 1. The van der Waals surface area contributed by atoms with Gasteiger partial charge in [0.05, 0.1) is 23.7 Å². The van der Waals surface area contributed by atoms with Crippen LogP contribution in [-0.4, -0.2) is 46.9 Å². The van der Waals surface area contributed by atoms with E-state index in [1.807, 2.05) is 18.7 Å². The highest BCUT2D eigenvalue weighted by atomic mass is 19.1. The Hall–Kier alpha value is -3.42. The number of carbonyl (C=O) groups excluding carboxylic acids is 1. The van der Waals surface area contributed by atoms with E-state index in [-0.39, 0.29) is 26.4 Å². The maximum absolute atomic E-state index is 14.0. The highest BCUT2D eigenvalue weighted by molar-refractivity contribution is 5.91. The molecule has 1 aromatic heterocycles. The van der Waals surface area contributed by atoms with Crippen molar-refractivity contribution >= 4 is 22.8 Å².